The fourth-order valence-corrected chi connectivity index (χ4v) is 1.50. The van der Waals surface area contributed by atoms with Gasteiger partial charge in [-0.05, 0) is 12.1 Å². The lowest BCUT2D eigenvalue weighted by molar-refractivity contribution is -0.105. The van der Waals surface area contributed by atoms with Crippen LogP contribution in [-0.4, -0.2) is 29.7 Å². The van der Waals surface area contributed by atoms with Gasteiger partial charge < -0.3 is 10.1 Å². The van der Waals surface area contributed by atoms with Gasteiger partial charge in [-0.25, -0.2) is 4.79 Å². The highest BCUT2D eigenvalue weighted by atomic mass is 16.5. The van der Waals surface area contributed by atoms with E-state index in [-0.39, 0.29) is 5.69 Å². The maximum absolute atomic E-state index is 11.4. The molecule has 0 bridgehead atoms. The highest BCUT2D eigenvalue weighted by Gasteiger charge is 2.17. The first-order valence-corrected chi connectivity index (χ1v) is 4.53. The average molecular weight is 219 g/mol. The van der Waals surface area contributed by atoms with Crippen LogP contribution in [0.15, 0.2) is 18.2 Å². The molecule has 0 radical (unpaired) electrons. The molecule has 16 heavy (non-hydrogen) atoms. The molecule has 0 saturated carbocycles. The Morgan fingerprint density at radius 1 is 1.56 bits per heavy atom. The summed E-state index contributed by atoms with van der Waals surface area (Å²) in [5, 5.41) is 9.60. The van der Waals surface area contributed by atoms with Crippen LogP contribution in [-0.2, 0) is 9.53 Å². The van der Waals surface area contributed by atoms with Crippen molar-refractivity contribution >= 4 is 29.0 Å². The molecule has 6 nitrogen and oxygen atoms in total. The predicted octanol–water partition coefficient (Wildman–Crippen LogP) is 0.918. The van der Waals surface area contributed by atoms with Crippen LogP contribution in [0.1, 0.15) is 10.5 Å². The molecule has 1 amide bonds. The normalized spacial score (nSPS) is 10.1. The first-order chi connectivity index (χ1) is 7.77. The van der Waals surface area contributed by atoms with E-state index in [2.05, 4.69) is 20.3 Å². The summed E-state index contributed by atoms with van der Waals surface area (Å²) < 4.78 is 4.60. The van der Waals surface area contributed by atoms with Gasteiger partial charge in [0.1, 0.15) is 0 Å². The Kier molecular flexibility index (Phi) is 2.55. The molecule has 0 fully saturated rings. The molecule has 0 aliphatic rings. The van der Waals surface area contributed by atoms with Crippen molar-refractivity contribution in [1.29, 1.82) is 0 Å². The van der Waals surface area contributed by atoms with Crippen LogP contribution in [0.2, 0.25) is 0 Å². The zero-order chi connectivity index (χ0) is 11.5. The zero-order valence-corrected chi connectivity index (χ0v) is 8.48. The first kappa shape index (κ1) is 10.2. The van der Waals surface area contributed by atoms with Crippen molar-refractivity contribution in [2.75, 3.05) is 12.4 Å². The number of H-pyrrole nitrogens is 1. The lowest BCUT2D eigenvalue weighted by atomic mass is 10.1. The Morgan fingerprint density at radius 2 is 2.38 bits per heavy atom. The minimum absolute atomic E-state index is 0.155. The summed E-state index contributed by atoms with van der Waals surface area (Å²) in [4.78, 5) is 21.9. The number of benzene rings is 1. The van der Waals surface area contributed by atoms with Crippen molar-refractivity contribution in [3.05, 3.63) is 23.9 Å². The molecule has 0 saturated heterocycles. The second kappa shape index (κ2) is 4.01. The third-order valence-electron chi connectivity index (χ3n) is 2.18. The van der Waals surface area contributed by atoms with Crippen LogP contribution in [0, 0.1) is 0 Å². The van der Waals surface area contributed by atoms with E-state index in [1.54, 1.807) is 18.2 Å². The molecular weight excluding hydrogens is 210 g/mol. The number of rotatable bonds is 3. The van der Waals surface area contributed by atoms with Crippen molar-refractivity contribution in [1.82, 2.24) is 10.2 Å². The predicted molar refractivity (Wildman–Crippen MR) is 57.1 cm³/mol. The Bertz CT molecular complexity index is 547. The number of aromatic amines is 1. The van der Waals surface area contributed by atoms with Crippen LogP contribution < -0.4 is 5.32 Å². The third kappa shape index (κ3) is 1.50. The smallest absolute Gasteiger partial charge is 0.359 e. The highest BCUT2D eigenvalue weighted by molar-refractivity contribution is 6.08. The molecule has 0 atom stereocenters. The Hall–Kier alpha value is -2.37. The van der Waals surface area contributed by atoms with Gasteiger partial charge in [0, 0.05) is 0 Å². The van der Waals surface area contributed by atoms with Crippen molar-refractivity contribution in [2.45, 2.75) is 0 Å². The summed E-state index contributed by atoms with van der Waals surface area (Å²) >= 11 is 0. The number of esters is 1. The van der Waals surface area contributed by atoms with E-state index in [0.717, 1.165) is 0 Å². The van der Waals surface area contributed by atoms with Gasteiger partial charge in [0.2, 0.25) is 6.41 Å². The van der Waals surface area contributed by atoms with Gasteiger partial charge >= 0.3 is 5.97 Å². The summed E-state index contributed by atoms with van der Waals surface area (Å²) in [7, 11) is 1.28. The summed E-state index contributed by atoms with van der Waals surface area (Å²) in [6.45, 7) is 0. The minimum Gasteiger partial charge on any atom is -0.464 e. The van der Waals surface area contributed by atoms with Gasteiger partial charge in [0.15, 0.2) is 5.69 Å². The van der Waals surface area contributed by atoms with Gasteiger partial charge in [0.05, 0.1) is 23.7 Å². The highest BCUT2D eigenvalue weighted by Crippen LogP contribution is 2.25. The van der Waals surface area contributed by atoms with Crippen LogP contribution in [0.25, 0.3) is 10.9 Å². The van der Waals surface area contributed by atoms with Crippen molar-refractivity contribution in [2.24, 2.45) is 0 Å². The van der Waals surface area contributed by atoms with E-state index in [9.17, 15) is 9.59 Å². The molecule has 0 aliphatic heterocycles. The lowest BCUT2D eigenvalue weighted by Gasteiger charge is -2.01. The second-order valence-corrected chi connectivity index (χ2v) is 3.05. The van der Waals surface area contributed by atoms with Crippen LogP contribution in [0.5, 0.6) is 0 Å². The number of hydrogen-bond acceptors (Lipinski definition) is 4. The summed E-state index contributed by atoms with van der Waals surface area (Å²) in [6, 6.07) is 5.18. The van der Waals surface area contributed by atoms with E-state index in [4.69, 9.17) is 0 Å². The van der Waals surface area contributed by atoms with Crippen LogP contribution >= 0.6 is 0 Å². The Balaban J connectivity index is 2.67. The standard InChI is InChI=1S/C10H9N3O3/c1-16-10(15)9-8-6(11-5-14)3-2-4-7(8)12-13-9/h2-5H,1H3,(H,11,14)(H,12,13). The molecule has 0 aliphatic carbocycles. The Labute approximate surface area is 90.6 Å². The molecule has 0 spiro atoms. The van der Waals surface area contributed by atoms with E-state index in [1.807, 2.05) is 0 Å². The van der Waals surface area contributed by atoms with Gasteiger partial charge in [-0.15, -0.1) is 0 Å². The number of ether oxygens (including phenoxy) is 1. The molecule has 6 heteroatoms. The molecule has 1 heterocycles. The molecular formula is C10H9N3O3. The largest absolute Gasteiger partial charge is 0.464 e. The summed E-state index contributed by atoms with van der Waals surface area (Å²) in [5.41, 5.74) is 1.33. The van der Waals surface area contributed by atoms with Gasteiger partial charge in [0.25, 0.3) is 0 Å². The first-order valence-electron chi connectivity index (χ1n) is 4.53. The van der Waals surface area contributed by atoms with Crippen LogP contribution in [0.4, 0.5) is 5.69 Å². The Morgan fingerprint density at radius 3 is 3.06 bits per heavy atom. The minimum atomic E-state index is -0.550. The van der Waals surface area contributed by atoms with Gasteiger partial charge in [-0.2, -0.15) is 5.10 Å². The SMILES string of the molecule is COC(=O)c1n[nH]c2cccc(NC=O)c12. The molecule has 1 aromatic carbocycles. The third-order valence-corrected chi connectivity index (χ3v) is 2.18. The molecule has 2 N–H and O–H groups in total. The summed E-state index contributed by atoms with van der Waals surface area (Å²) in [5.74, 6) is -0.550. The van der Waals surface area contributed by atoms with Gasteiger partial charge in [-0.3, -0.25) is 9.89 Å². The lowest BCUT2D eigenvalue weighted by Crippen LogP contribution is -2.03. The van der Waals surface area contributed by atoms with Crippen molar-refractivity contribution in [3.8, 4) is 0 Å². The molecule has 82 valence electrons. The molecule has 0 unspecified atom stereocenters. The molecule has 2 aromatic rings. The van der Waals surface area contributed by atoms with E-state index >= 15 is 0 Å². The number of nitrogens with zero attached hydrogens (tertiary/aromatic N) is 1. The maximum Gasteiger partial charge on any atom is 0.359 e. The fraction of sp³-hybridized carbons (Fsp3) is 0.100. The monoisotopic (exact) mass is 219 g/mol. The summed E-state index contributed by atoms with van der Waals surface area (Å²) in [6.07, 6.45) is 0.544. The number of methoxy groups -OCH3 is 1. The van der Waals surface area contributed by atoms with E-state index in [1.165, 1.54) is 7.11 Å². The van der Waals surface area contributed by atoms with Crippen LogP contribution in [0.3, 0.4) is 0 Å². The van der Waals surface area contributed by atoms with Gasteiger partial charge in [-0.1, -0.05) is 6.07 Å². The number of hydrogen-bond donors (Lipinski definition) is 2. The van der Waals surface area contributed by atoms with E-state index < -0.39 is 5.97 Å². The number of anilines is 1. The average Bonchev–Trinajstić information content (AvgIpc) is 2.73. The molecule has 1 aromatic heterocycles. The number of aromatic nitrogens is 2. The zero-order valence-electron chi connectivity index (χ0n) is 8.48. The maximum atomic E-state index is 11.4. The quantitative estimate of drug-likeness (QED) is 0.593. The molecule has 2 rings (SSSR count). The number of amides is 1. The number of nitrogens with one attached hydrogen (secondary N) is 2. The van der Waals surface area contributed by atoms with Crippen molar-refractivity contribution < 1.29 is 14.3 Å². The second-order valence-electron chi connectivity index (χ2n) is 3.05. The number of fused-ring (bicyclic) bond motifs is 1. The fourth-order valence-electron chi connectivity index (χ4n) is 1.50. The van der Waals surface area contributed by atoms with Crippen molar-refractivity contribution in [3.63, 3.8) is 0 Å². The number of carbonyl (C=O) groups excluding carboxylic acids is 2. The van der Waals surface area contributed by atoms with E-state index in [0.29, 0.717) is 23.0 Å². The topological polar surface area (TPSA) is 84.1 Å². The number of carbonyl (C=O) groups is 2.